The van der Waals surface area contributed by atoms with Crippen LogP contribution in [0.3, 0.4) is 0 Å². The third kappa shape index (κ3) is 7.68. The molecule has 0 spiro atoms. The lowest BCUT2D eigenvalue weighted by Crippen LogP contribution is -2.48. The van der Waals surface area contributed by atoms with Crippen LogP contribution in [-0.4, -0.2) is 75.9 Å². The van der Waals surface area contributed by atoms with E-state index in [0.29, 0.717) is 16.3 Å². The topological polar surface area (TPSA) is 133 Å². The van der Waals surface area contributed by atoms with Gasteiger partial charge in [-0.2, -0.15) is 4.31 Å². The number of fused-ring (bicyclic) bond motifs is 1. The maximum atomic E-state index is 13.5. The molecule has 3 atom stereocenters. The zero-order chi connectivity index (χ0) is 31.5. The highest BCUT2D eigenvalue weighted by Gasteiger charge is 2.33. The number of amides is 1. The van der Waals surface area contributed by atoms with Gasteiger partial charge in [-0.05, 0) is 68.4 Å². The van der Waals surface area contributed by atoms with Crippen molar-refractivity contribution in [2.45, 2.75) is 49.1 Å². The summed E-state index contributed by atoms with van der Waals surface area (Å²) in [5.74, 6) is -0.287. The molecule has 1 aliphatic heterocycles. The first kappa shape index (κ1) is 32.7. The van der Waals surface area contributed by atoms with Crippen molar-refractivity contribution in [3.63, 3.8) is 0 Å². The number of aliphatic hydroxyl groups is 1. The molecule has 3 aromatic carbocycles. The van der Waals surface area contributed by atoms with Crippen molar-refractivity contribution in [3.8, 4) is 5.75 Å². The first-order valence-electron chi connectivity index (χ1n) is 13.7. The minimum atomic E-state index is -3.90. The predicted molar refractivity (Wildman–Crippen MR) is 165 cm³/mol. The Labute approximate surface area is 258 Å². The van der Waals surface area contributed by atoms with Gasteiger partial charge in [0, 0.05) is 35.8 Å². The number of carbonyl (C=O) groups is 1. The van der Waals surface area contributed by atoms with Crippen molar-refractivity contribution >= 4 is 43.2 Å². The van der Waals surface area contributed by atoms with Crippen molar-refractivity contribution in [1.82, 2.24) is 9.21 Å². The number of carbonyl (C=O) groups excluding carboxylic acids is 1. The number of ether oxygens (including phenoxy) is 1. The molecular formula is C30H36ClN3O7S2. The van der Waals surface area contributed by atoms with Crippen LogP contribution in [0.1, 0.15) is 25.0 Å². The monoisotopic (exact) mass is 649 g/mol. The Balaban J connectivity index is 1.68. The van der Waals surface area contributed by atoms with Gasteiger partial charge in [0.2, 0.25) is 15.9 Å². The molecule has 1 aliphatic rings. The Kier molecular flexibility index (Phi) is 10.1. The summed E-state index contributed by atoms with van der Waals surface area (Å²) in [5, 5.41) is 10.3. The highest BCUT2D eigenvalue weighted by Crippen LogP contribution is 2.31. The molecule has 0 aromatic heterocycles. The molecule has 3 aromatic rings. The van der Waals surface area contributed by atoms with Gasteiger partial charge in [0.05, 0.1) is 35.4 Å². The smallest absolute Gasteiger partial charge is 0.261 e. The fourth-order valence-electron chi connectivity index (χ4n) is 4.78. The maximum absolute atomic E-state index is 13.5. The molecule has 0 saturated heterocycles. The van der Waals surface area contributed by atoms with Crippen LogP contribution >= 0.6 is 11.6 Å². The molecule has 43 heavy (non-hydrogen) atoms. The number of hydrogen-bond acceptors (Lipinski definition) is 7. The summed E-state index contributed by atoms with van der Waals surface area (Å²) in [6.07, 6.45) is -0.807. The summed E-state index contributed by atoms with van der Waals surface area (Å²) >= 11 is 5.94. The molecule has 13 heteroatoms. The first-order valence-corrected chi connectivity index (χ1v) is 17.0. The van der Waals surface area contributed by atoms with Crippen LogP contribution in [-0.2, 0) is 31.3 Å². The van der Waals surface area contributed by atoms with E-state index in [-0.39, 0.29) is 53.4 Å². The average Bonchev–Trinajstić information content (AvgIpc) is 3.00. The lowest BCUT2D eigenvalue weighted by Gasteiger charge is -2.33. The summed E-state index contributed by atoms with van der Waals surface area (Å²) in [5.41, 5.74) is 1.58. The molecule has 0 saturated carbocycles. The third-order valence-electron chi connectivity index (χ3n) is 7.46. The standard InChI is InChI=1S/C30H36ClN3O7S2/c1-20-5-10-26(11-6-20)42(37,38)32-25-9-14-28-23(15-25)16-30(36)34(22(3)19-35)17-21(2)29(41-28)18-33(4)43(39,40)27-12-7-24(31)8-13-27/h5-15,21-22,29,32,35H,16-19H2,1-4H3/t21-,22+,29+/m1/s1. The minimum absolute atomic E-state index is 0.0388. The van der Waals surface area contributed by atoms with Crippen LogP contribution in [0, 0.1) is 12.8 Å². The second kappa shape index (κ2) is 13.2. The zero-order valence-electron chi connectivity index (χ0n) is 24.4. The van der Waals surface area contributed by atoms with Gasteiger partial charge in [0.25, 0.3) is 10.0 Å². The quantitative estimate of drug-likeness (QED) is 0.359. The lowest BCUT2D eigenvalue weighted by atomic mass is 10.0. The molecule has 0 unspecified atom stereocenters. The van der Waals surface area contributed by atoms with Crippen LogP contribution in [0.15, 0.2) is 76.5 Å². The highest BCUT2D eigenvalue weighted by molar-refractivity contribution is 7.92. The Morgan fingerprint density at radius 1 is 1.05 bits per heavy atom. The van der Waals surface area contributed by atoms with Crippen LogP contribution in [0.4, 0.5) is 5.69 Å². The van der Waals surface area contributed by atoms with Gasteiger partial charge < -0.3 is 14.7 Å². The molecule has 0 fully saturated rings. The molecule has 4 rings (SSSR count). The summed E-state index contributed by atoms with van der Waals surface area (Å²) in [4.78, 5) is 15.2. The Morgan fingerprint density at radius 2 is 1.67 bits per heavy atom. The number of nitrogens with one attached hydrogen (secondary N) is 1. The van der Waals surface area contributed by atoms with E-state index < -0.39 is 32.2 Å². The van der Waals surface area contributed by atoms with Crippen molar-refractivity contribution in [3.05, 3.63) is 82.9 Å². The van der Waals surface area contributed by atoms with Crippen molar-refractivity contribution in [2.24, 2.45) is 5.92 Å². The number of sulfonamides is 2. The lowest BCUT2D eigenvalue weighted by molar-refractivity contribution is -0.134. The maximum Gasteiger partial charge on any atom is 0.261 e. The number of anilines is 1. The van der Waals surface area contributed by atoms with E-state index in [1.54, 1.807) is 36.1 Å². The molecule has 10 nitrogen and oxygen atoms in total. The second-order valence-electron chi connectivity index (χ2n) is 10.9. The van der Waals surface area contributed by atoms with Gasteiger partial charge in [-0.15, -0.1) is 0 Å². The fraction of sp³-hybridized carbons (Fsp3) is 0.367. The van der Waals surface area contributed by atoms with Crippen molar-refractivity contribution in [1.29, 1.82) is 0 Å². The Hall–Kier alpha value is -3.16. The van der Waals surface area contributed by atoms with Crippen molar-refractivity contribution < 1.29 is 31.5 Å². The van der Waals surface area contributed by atoms with E-state index in [4.69, 9.17) is 16.3 Å². The predicted octanol–water partition coefficient (Wildman–Crippen LogP) is 3.92. The number of aliphatic hydroxyl groups excluding tert-OH is 1. The Bertz CT molecular complexity index is 1660. The van der Waals surface area contributed by atoms with Crippen LogP contribution < -0.4 is 9.46 Å². The van der Waals surface area contributed by atoms with Gasteiger partial charge in [-0.25, -0.2) is 16.8 Å². The molecule has 232 valence electrons. The van der Waals surface area contributed by atoms with Crippen molar-refractivity contribution in [2.75, 3.05) is 31.5 Å². The molecule has 0 bridgehead atoms. The number of benzene rings is 3. The van der Waals surface area contributed by atoms with Gasteiger partial charge in [0.15, 0.2) is 0 Å². The minimum Gasteiger partial charge on any atom is -0.488 e. The number of halogens is 1. The highest BCUT2D eigenvalue weighted by atomic mass is 35.5. The average molecular weight is 650 g/mol. The van der Waals surface area contributed by atoms with E-state index >= 15 is 0 Å². The molecule has 1 heterocycles. The molecule has 2 N–H and O–H groups in total. The van der Waals surface area contributed by atoms with Gasteiger partial charge in [0.1, 0.15) is 11.9 Å². The first-order chi connectivity index (χ1) is 20.2. The number of hydrogen-bond donors (Lipinski definition) is 2. The number of rotatable bonds is 9. The molecule has 0 aliphatic carbocycles. The largest absolute Gasteiger partial charge is 0.488 e. The van der Waals surface area contributed by atoms with E-state index in [1.807, 2.05) is 13.8 Å². The SMILES string of the molecule is Cc1ccc(S(=O)(=O)Nc2ccc3c(c2)CC(=O)N([C@@H](C)CO)C[C@@H](C)[C@H](CN(C)S(=O)(=O)c2ccc(Cl)cc2)O3)cc1. The third-order valence-corrected chi connectivity index (χ3v) is 10.9. The van der Waals surface area contributed by atoms with Gasteiger partial charge in [-0.3, -0.25) is 9.52 Å². The Morgan fingerprint density at radius 3 is 2.30 bits per heavy atom. The summed E-state index contributed by atoms with van der Waals surface area (Å²) in [6, 6.07) is 16.4. The van der Waals surface area contributed by atoms with Gasteiger partial charge in [-0.1, -0.05) is 36.2 Å². The summed E-state index contributed by atoms with van der Waals surface area (Å²) < 4.78 is 62.9. The number of aryl methyl sites for hydroxylation is 1. The van der Waals surface area contributed by atoms with Crippen LogP contribution in [0.5, 0.6) is 5.75 Å². The van der Waals surface area contributed by atoms with E-state index in [9.17, 15) is 26.7 Å². The number of likely N-dealkylation sites (N-methyl/N-ethyl adjacent to an activating group) is 1. The summed E-state index contributed by atoms with van der Waals surface area (Å²) in [6.45, 7) is 5.34. The van der Waals surface area contributed by atoms with Crippen LogP contribution in [0.2, 0.25) is 5.02 Å². The second-order valence-corrected chi connectivity index (χ2v) is 15.0. The van der Waals surface area contributed by atoms with Crippen LogP contribution in [0.25, 0.3) is 0 Å². The van der Waals surface area contributed by atoms with E-state index in [1.165, 1.54) is 53.8 Å². The van der Waals surface area contributed by atoms with E-state index in [0.717, 1.165) is 5.56 Å². The van der Waals surface area contributed by atoms with E-state index in [2.05, 4.69) is 4.72 Å². The van der Waals surface area contributed by atoms with Gasteiger partial charge >= 0.3 is 0 Å². The zero-order valence-corrected chi connectivity index (χ0v) is 26.8. The summed E-state index contributed by atoms with van der Waals surface area (Å²) in [7, 11) is -6.34. The molecular weight excluding hydrogens is 614 g/mol. The molecule has 0 radical (unpaired) electrons. The normalized spacial score (nSPS) is 18.7. The molecule has 1 amide bonds. The number of nitrogens with zero attached hydrogens (tertiary/aromatic N) is 2. The fourth-order valence-corrected chi connectivity index (χ4v) is 7.14.